The lowest BCUT2D eigenvalue weighted by Gasteiger charge is -2.17. The number of aromatic hydroxyl groups is 1. The van der Waals surface area contributed by atoms with Crippen molar-refractivity contribution in [2.45, 2.75) is 19.4 Å². The molecule has 0 aliphatic rings. The number of hydrogen-bond donors (Lipinski definition) is 2. The Morgan fingerprint density at radius 2 is 2.00 bits per heavy atom. The number of benzene rings is 2. The minimum atomic E-state index is -0.749. The van der Waals surface area contributed by atoms with Crippen LogP contribution in [0.15, 0.2) is 42.5 Å². The van der Waals surface area contributed by atoms with Crippen LogP contribution in [0.3, 0.4) is 0 Å². The molecule has 0 bridgehead atoms. The molecule has 1 amide bonds. The van der Waals surface area contributed by atoms with Gasteiger partial charge >= 0.3 is 0 Å². The van der Waals surface area contributed by atoms with E-state index >= 15 is 0 Å². The zero-order valence-electron chi connectivity index (χ0n) is 15.0. The average Bonchev–Trinajstić information content (AvgIpc) is 2.64. The van der Waals surface area contributed by atoms with Crippen LogP contribution in [0.4, 0.5) is 0 Å². The van der Waals surface area contributed by atoms with Gasteiger partial charge in [-0.15, -0.1) is 6.42 Å². The minimum Gasteiger partial charge on any atom is -0.504 e. The summed E-state index contributed by atoms with van der Waals surface area (Å²) in [6.07, 6.45) is 5.10. The fraction of sp³-hybridized carbons (Fsp3) is 0.286. The number of phenolic OH excluding ortho intramolecular Hbond substituents is 1. The Kier molecular flexibility index (Phi) is 7.07. The second-order valence-corrected chi connectivity index (χ2v) is 5.85. The fourth-order valence-electron chi connectivity index (χ4n) is 2.50. The molecule has 0 saturated heterocycles. The molecular weight excluding hydrogens is 330 g/mol. The monoisotopic (exact) mass is 353 g/mol. The highest BCUT2D eigenvalue weighted by molar-refractivity contribution is 5.82. The lowest BCUT2D eigenvalue weighted by Crippen LogP contribution is -2.32. The number of rotatable bonds is 8. The molecule has 0 aliphatic carbocycles. The average molecular weight is 353 g/mol. The number of hydrogen-bond acceptors (Lipinski definition) is 4. The Hall–Kier alpha value is -2.97. The molecule has 2 aromatic rings. The lowest BCUT2D eigenvalue weighted by atomic mass is 10.1. The summed E-state index contributed by atoms with van der Waals surface area (Å²) < 4.78 is 10.6. The van der Waals surface area contributed by atoms with Crippen LogP contribution in [-0.4, -0.2) is 31.3 Å². The predicted octanol–water partition coefficient (Wildman–Crippen LogP) is 2.76. The van der Waals surface area contributed by atoms with Gasteiger partial charge in [-0.2, -0.15) is 0 Å². The zero-order valence-corrected chi connectivity index (χ0v) is 15.0. The van der Waals surface area contributed by atoms with Crippen molar-refractivity contribution in [3.63, 3.8) is 0 Å². The molecule has 5 heteroatoms. The third-order valence-electron chi connectivity index (χ3n) is 3.91. The van der Waals surface area contributed by atoms with Crippen molar-refractivity contribution >= 4 is 5.91 Å². The summed E-state index contributed by atoms with van der Waals surface area (Å²) in [5.41, 5.74) is 2.80. The minimum absolute atomic E-state index is 0.0567. The summed E-state index contributed by atoms with van der Waals surface area (Å²) in [5.74, 6) is 2.65. The van der Waals surface area contributed by atoms with Gasteiger partial charge in [0.2, 0.25) is 0 Å². The number of phenols is 1. The van der Waals surface area contributed by atoms with E-state index in [0.29, 0.717) is 18.7 Å². The summed E-state index contributed by atoms with van der Waals surface area (Å²) in [4.78, 5) is 12.5. The van der Waals surface area contributed by atoms with Crippen LogP contribution in [-0.2, 0) is 16.0 Å². The molecule has 136 valence electrons. The van der Waals surface area contributed by atoms with Crippen molar-refractivity contribution in [1.29, 1.82) is 0 Å². The van der Waals surface area contributed by atoms with E-state index in [2.05, 4.69) is 11.2 Å². The quantitative estimate of drug-likeness (QED) is 0.716. The number of nitrogens with one attached hydrogen (secondary N) is 1. The van der Waals surface area contributed by atoms with Gasteiger partial charge in [-0.1, -0.05) is 41.8 Å². The topological polar surface area (TPSA) is 67.8 Å². The number of ether oxygens (including phenoxy) is 2. The zero-order chi connectivity index (χ0) is 18.9. The van der Waals surface area contributed by atoms with Crippen LogP contribution < -0.4 is 10.1 Å². The van der Waals surface area contributed by atoms with Crippen molar-refractivity contribution in [1.82, 2.24) is 5.32 Å². The van der Waals surface area contributed by atoms with Gasteiger partial charge in [0.25, 0.3) is 5.91 Å². The smallest absolute Gasteiger partial charge is 0.253 e. The fourth-order valence-corrected chi connectivity index (χ4v) is 2.50. The first-order valence-corrected chi connectivity index (χ1v) is 8.30. The molecule has 1 atom stereocenters. The van der Waals surface area contributed by atoms with Gasteiger partial charge in [-0.25, -0.2) is 0 Å². The Morgan fingerprint density at radius 3 is 2.65 bits per heavy atom. The number of carbonyl (C=O) groups is 1. The molecule has 0 fully saturated rings. The SMILES string of the molecule is C#CCOC(C(=O)NCCc1ccc(O)c(OC)c1)c1ccc(C)cc1. The predicted molar refractivity (Wildman–Crippen MR) is 100 cm³/mol. The number of aryl methyl sites for hydroxylation is 1. The normalized spacial score (nSPS) is 11.4. The molecule has 0 aliphatic heterocycles. The maximum absolute atomic E-state index is 12.5. The molecule has 2 N–H and O–H groups in total. The molecule has 5 nitrogen and oxygen atoms in total. The molecular formula is C21H23NO4. The van der Waals surface area contributed by atoms with E-state index in [1.54, 1.807) is 18.2 Å². The molecule has 2 rings (SSSR count). The molecule has 0 spiro atoms. The third kappa shape index (κ3) is 5.27. The maximum Gasteiger partial charge on any atom is 0.253 e. The summed E-state index contributed by atoms with van der Waals surface area (Å²) in [6, 6.07) is 12.7. The molecule has 0 heterocycles. The Bertz CT molecular complexity index is 778. The van der Waals surface area contributed by atoms with Crippen molar-refractivity contribution in [3.8, 4) is 23.8 Å². The van der Waals surface area contributed by atoms with E-state index in [1.807, 2.05) is 31.2 Å². The summed E-state index contributed by atoms with van der Waals surface area (Å²) in [7, 11) is 1.50. The second kappa shape index (κ2) is 9.50. The van der Waals surface area contributed by atoms with Gasteiger partial charge in [0.1, 0.15) is 6.61 Å². The van der Waals surface area contributed by atoms with E-state index in [1.165, 1.54) is 7.11 Å². The van der Waals surface area contributed by atoms with Crippen molar-refractivity contribution in [2.24, 2.45) is 0 Å². The Balaban J connectivity index is 1.98. The van der Waals surface area contributed by atoms with Crippen LogP contribution in [0.5, 0.6) is 11.5 Å². The summed E-state index contributed by atoms with van der Waals surface area (Å²) >= 11 is 0. The van der Waals surface area contributed by atoms with Crippen molar-refractivity contribution < 1.29 is 19.4 Å². The second-order valence-electron chi connectivity index (χ2n) is 5.85. The van der Waals surface area contributed by atoms with Crippen molar-refractivity contribution in [2.75, 3.05) is 20.3 Å². The lowest BCUT2D eigenvalue weighted by molar-refractivity contribution is -0.132. The van der Waals surface area contributed by atoms with E-state index in [4.69, 9.17) is 15.9 Å². The molecule has 26 heavy (non-hydrogen) atoms. The molecule has 0 saturated carbocycles. The first-order chi connectivity index (χ1) is 12.5. The first kappa shape index (κ1) is 19.4. The first-order valence-electron chi connectivity index (χ1n) is 8.30. The van der Waals surface area contributed by atoms with Gasteiger partial charge in [-0.05, 0) is 36.6 Å². The van der Waals surface area contributed by atoms with E-state index in [0.717, 1.165) is 16.7 Å². The van der Waals surface area contributed by atoms with E-state index < -0.39 is 6.10 Å². The van der Waals surface area contributed by atoms with E-state index in [9.17, 15) is 9.90 Å². The highest BCUT2D eigenvalue weighted by atomic mass is 16.5. The van der Waals surface area contributed by atoms with Gasteiger partial charge in [0.15, 0.2) is 17.6 Å². The molecule has 0 radical (unpaired) electrons. The summed E-state index contributed by atoms with van der Waals surface area (Å²) in [5, 5.41) is 12.5. The molecule has 1 unspecified atom stereocenters. The van der Waals surface area contributed by atoms with Gasteiger partial charge in [0, 0.05) is 6.54 Å². The largest absolute Gasteiger partial charge is 0.504 e. The molecule has 0 aromatic heterocycles. The van der Waals surface area contributed by atoms with Crippen LogP contribution in [0.2, 0.25) is 0 Å². The van der Waals surface area contributed by atoms with Gasteiger partial charge in [0.05, 0.1) is 7.11 Å². The maximum atomic E-state index is 12.5. The third-order valence-corrected chi connectivity index (χ3v) is 3.91. The number of carbonyl (C=O) groups excluding carboxylic acids is 1. The van der Waals surface area contributed by atoms with Crippen LogP contribution in [0, 0.1) is 19.3 Å². The number of amides is 1. The summed E-state index contributed by atoms with van der Waals surface area (Å²) in [6.45, 7) is 2.46. The Labute approximate surface area is 154 Å². The van der Waals surface area contributed by atoms with E-state index in [-0.39, 0.29) is 18.3 Å². The highest BCUT2D eigenvalue weighted by Crippen LogP contribution is 2.26. The van der Waals surface area contributed by atoms with Crippen LogP contribution in [0.1, 0.15) is 22.8 Å². The van der Waals surface area contributed by atoms with Crippen LogP contribution >= 0.6 is 0 Å². The highest BCUT2D eigenvalue weighted by Gasteiger charge is 2.20. The standard InChI is InChI=1S/C21H23NO4/c1-4-13-26-20(17-8-5-15(2)6-9-17)21(24)22-12-11-16-7-10-18(23)19(14-16)25-3/h1,5-10,14,20,23H,11-13H2,2-3H3,(H,22,24). The number of terminal acetylenes is 1. The van der Waals surface area contributed by atoms with Crippen LogP contribution in [0.25, 0.3) is 0 Å². The van der Waals surface area contributed by atoms with Crippen molar-refractivity contribution in [3.05, 3.63) is 59.2 Å². The van der Waals surface area contributed by atoms with Gasteiger partial charge in [-0.3, -0.25) is 4.79 Å². The van der Waals surface area contributed by atoms with Gasteiger partial charge < -0.3 is 19.9 Å². The Morgan fingerprint density at radius 1 is 1.27 bits per heavy atom. The molecule has 2 aromatic carbocycles. The number of methoxy groups -OCH3 is 1.